The van der Waals surface area contributed by atoms with Crippen LogP contribution in [-0.2, 0) is 9.53 Å². The molecule has 0 amide bonds. The van der Waals surface area contributed by atoms with Crippen LogP contribution in [0.4, 0.5) is 0 Å². The highest BCUT2D eigenvalue weighted by Gasteiger charge is 2.21. The van der Waals surface area contributed by atoms with Gasteiger partial charge in [-0.2, -0.15) is 0 Å². The maximum Gasteiger partial charge on any atom is 0.333 e. The summed E-state index contributed by atoms with van der Waals surface area (Å²) in [7, 11) is 2.12. The van der Waals surface area contributed by atoms with Crippen molar-refractivity contribution in [3.05, 3.63) is 12.2 Å². The van der Waals surface area contributed by atoms with Crippen LogP contribution in [0.2, 0.25) is 0 Å². The lowest BCUT2D eigenvalue weighted by molar-refractivity contribution is -0.139. The molecule has 98 valence electrons. The van der Waals surface area contributed by atoms with Crippen LogP contribution in [0.1, 0.15) is 39.5 Å². The molecule has 0 aromatic heterocycles. The van der Waals surface area contributed by atoms with Crippen LogP contribution in [0, 0.1) is 5.92 Å². The van der Waals surface area contributed by atoms with Crippen LogP contribution in [0.15, 0.2) is 12.2 Å². The minimum Gasteiger partial charge on any atom is -0.461 e. The average Bonchev–Trinajstić information content (AvgIpc) is 2.29. The molecule has 1 aliphatic carbocycles. The van der Waals surface area contributed by atoms with E-state index in [1.807, 2.05) is 0 Å². The van der Waals surface area contributed by atoms with Crippen LogP contribution in [0.5, 0.6) is 0 Å². The molecule has 0 heterocycles. The van der Waals surface area contributed by atoms with E-state index in [1.54, 1.807) is 6.92 Å². The van der Waals surface area contributed by atoms with Crippen LogP contribution in [0.3, 0.4) is 0 Å². The van der Waals surface area contributed by atoms with Gasteiger partial charge in [-0.05, 0) is 45.6 Å². The highest BCUT2D eigenvalue weighted by Crippen LogP contribution is 2.26. The summed E-state index contributed by atoms with van der Waals surface area (Å²) in [6.45, 7) is 8.85. The summed E-state index contributed by atoms with van der Waals surface area (Å²) >= 11 is 0. The molecule has 0 radical (unpaired) electrons. The monoisotopic (exact) mass is 239 g/mol. The van der Waals surface area contributed by atoms with Crippen LogP contribution < -0.4 is 0 Å². The van der Waals surface area contributed by atoms with Crippen molar-refractivity contribution in [3.63, 3.8) is 0 Å². The standard InChI is InChI=1S/C14H25NO2/c1-11(2)14(16)17-10-9-15(4)13-7-5-12(3)6-8-13/h12-13H,1,5-10H2,2-4H3. The minimum absolute atomic E-state index is 0.282. The number of ether oxygens (including phenoxy) is 1. The second-order valence-corrected chi connectivity index (χ2v) is 5.31. The van der Waals surface area contributed by atoms with Crippen LogP contribution >= 0.6 is 0 Å². The van der Waals surface area contributed by atoms with E-state index in [0.717, 1.165) is 12.5 Å². The molecule has 1 aliphatic rings. The number of esters is 1. The van der Waals surface area contributed by atoms with E-state index in [-0.39, 0.29) is 5.97 Å². The first-order valence-electron chi connectivity index (χ1n) is 6.53. The molecular formula is C14H25NO2. The lowest BCUT2D eigenvalue weighted by Gasteiger charge is -2.33. The summed E-state index contributed by atoms with van der Waals surface area (Å²) in [6, 6.07) is 0.662. The summed E-state index contributed by atoms with van der Waals surface area (Å²) < 4.78 is 5.11. The Morgan fingerprint density at radius 2 is 1.94 bits per heavy atom. The van der Waals surface area contributed by atoms with E-state index in [4.69, 9.17) is 4.74 Å². The molecule has 1 saturated carbocycles. The first-order chi connectivity index (χ1) is 8.00. The molecule has 17 heavy (non-hydrogen) atoms. The fourth-order valence-corrected chi connectivity index (χ4v) is 2.27. The summed E-state index contributed by atoms with van der Waals surface area (Å²) in [5.74, 6) is 0.594. The number of carbonyl (C=O) groups is 1. The summed E-state index contributed by atoms with van der Waals surface area (Å²) in [5.41, 5.74) is 0.471. The fourth-order valence-electron chi connectivity index (χ4n) is 2.27. The molecule has 3 heteroatoms. The minimum atomic E-state index is -0.282. The number of carbonyl (C=O) groups excluding carboxylic acids is 1. The Bertz CT molecular complexity index is 267. The van der Waals surface area contributed by atoms with Crippen molar-refractivity contribution in [2.24, 2.45) is 5.92 Å². The van der Waals surface area contributed by atoms with Crippen molar-refractivity contribution in [2.45, 2.75) is 45.6 Å². The number of nitrogens with zero attached hydrogens (tertiary/aromatic N) is 1. The quantitative estimate of drug-likeness (QED) is 0.545. The van der Waals surface area contributed by atoms with E-state index in [1.165, 1.54) is 25.7 Å². The van der Waals surface area contributed by atoms with Crippen molar-refractivity contribution in [2.75, 3.05) is 20.2 Å². The zero-order valence-electron chi connectivity index (χ0n) is 11.4. The van der Waals surface area contributed by atoms with E-state index < -0.39 is 0 Å². The van der Waals surface area contributed by atoms with Gasteiger partial charge in [0.05, 0.1) is 0 Å². The number of likely N-dealkylation sites (N-methyl/N-ethyl adjacent to an activating group) is 1. The van der Waals surface area contributed by atoms with Crippen LogP contribution in [0.25, 0.3) is 0 Å². The molecule has 1 fully saturated rings. The molecule has 0 N–H and O–H groups in total. The molecule has 0 bridgehead atoms. The third-order valence-corrected chi connectivity index (χ3v) is 3.63. The third kappa shape index (κ3) is 4.90. The predicted octanol–water partition coefficient (Wildman–Crippen LogP) is 2.62. The largest absolute Gasteiger partial charge is 0.461 e. The Morgan fingerprint density at radius 3 is 2.47 bits per heavy atom. The molecule has 0 unspecified atom stereocenters. The van der Waals surface area contributed by atoms with Gasteiger partial charge >= 0.3 is 5.97 Å². The van der Waals surface area contributed by atoms with Crippen molar-refractivity contribution in [3.8, 4) is 0 Å². The summed E-state index contributed by atoms with van der Waals surface area (Å²) in [5, 5.41) is 0. The van der Waals surface area contributed by atoms with Gasteiger partial charge in [-0.15, -0.1) is 0 Å². The molecule has 1 rings (SSSR count). The van der Waals surface area contributed by atoms with E-state index >= 15 is 0 Å². The number of hydrogen-bond acceptors (Lipinski definition) is 3. The van der Waals surface area contributed by atoms with E-state index in [0.29, 0.717) is 18.2 Å². The van der Waals surface area contributed by atoms with Gasteiger partial charge in [0.15, 0.2) is 0 Å². The van der Waals surface area contributed by atoms with Gasteiger partial charge in [0.2, 0.25) is 0 Å². The zero-order chi connectivity index (χ0) is 12.8. The topological polar surface area (TPSA) is 29.5 Å². The van der Waals surface area contributed by atoms with Gasteiger partial charge in [-0.1, -0.05) is 13.5 Å². The Labute approximate surface area is 105 Å². The van der Waals surface area contributed by atoms with Crippen LogP contribution in [-0.4, -0.2) is 37.1 Å². The zero-order valence-corrected chi connectivity index (χ0v) is 11.4. The molecule has 0 atom stereocenters. The Balaban J connectivity index is 2.18. The van der Waals surface area contributed by atoms with Gasteiger partial charge < -0.3 is 9.64 Å². The van der Waals surface area contributed by atoms with E-state index in [9.17, 15) is 4.79 Å². The van der Waals surface area contributed by atoms with Crippen molar-refractivity contribution in [1.29, 1.82) is 0 Å². The molecule has 0 aromatic carbocycles. The smallest absolute Gasteiger partial charge is 0.333 e. The second-order valence-electron chi connectivity index (χ2n) is 5.31. The first-order valence-corrected chi connectivity index (χ1v) is 6.53. The molecule has 0 aromatic rings. The van der Waals surface area contributed by atoms with Gasteiger partial charge in [-0.3, -0.25) is 0 Å². The molecule has 0 saturated heterocycles. The van der Waals surface area contributed by atoms with Crippen molar-refractivity contribution in [1.82, 2.24) is 4.90 Å². The number of hydrogen-bond donors (Lipinski definition) is 0. The van der Waals surface area contributed by atoms with Gasteiger partial charge in [0, 0.05) is 18.2 Å². The summed E-state index contributed by atoms with van der Waals surface area (Å²) in [4.78, 5) is 13.5. The molecule has 0 aliphatic heterocycles. The number of rotatable bonds is 5. The van der Waals surface area contributed by atoms with E-state index in [2.05, 4.69) is 25.5 Å². The third-order valence-electron chi connectivity index (χ3n) is 3.63. The molecule has 3 nitrogen and oxygen atoms in total. The van der Waals surface area contributed by atoms with Gasteiger partial charge in [-0.25, -0.2) is 4.79 Å². The highest BCUT2D eigenvalue weighted by atomic mass is 16.5. The average molecular weight is 239 g/mol. The second kappa shape index (κ2) is 6.80. The van der Waals surface area contributed by atoms with Crippen molar-refractivity contribution < 1.29 is 9.53 Å². The Morgan fingerprint density at radius 1 is 1.35 bits per heavy atom. The lowest BCUT2D eigenvalue weighted by atomic mass is 9.87. The predicted molar refractivity (Wildman–Crippen MR) is 69.8 cm³/mol. The van der Waals surface area contributed by atoms with Gasteiger partial charge in [0.25, 0.3) is 0 Å². The Hall–Kier alpha value is -0.830. The maximum absolute atomic E-state index is 11.2. The lowest BCUT2D eigenvalue weighted by Crippen LogP contribution is -2.37. The highest BCUT2D eigenvalue weighted by molar-refractivity contribution is 5.86. The van der Waals surface area contributed by atoms with Crippen molar-refractivity contribution >= 4 is 5.97 Å². The first kappa shape index (κ1) is 14.2. The normalized spacial score (nSPS) is 24.7. The SMILES string of the molecule is C=C(C)C(=O)OCCN(C)C1CCC(C)CC1. The maximum atomic E-state index is 11.2. The molecule has 0 spiro atoms. The summed E-state index contributed by atoms with van der Waals surface area (Å²) in [6.07, 6.45) is 5.18. The molecular weight excluding hydrogens is 214 g/mol. The van der Waals surface area contributed by atoms with Gasteiger partial charge in [0.1, 0.15) is 6.61 Å². The fraction of sp³-hybridized carbons (Fsp3) is 0.786. The Kier molecular flexibility index (Phi) is 5.69.